The van der Waals surface area contributed by atoms with Gasteiger partial charge in [0, 0.05) is 0 Å². The van der Waals surface area contributed by atoms with Crippen LogP contribution in [-0.2, 0) is 0 Å². The van der Waals surface area contributed by atoms with Crippen LogP contribution < -0.4 is 3.71 Å². The van der Waals surface area contributed by atoms with Crippen LogP contribution in [0.4, 0.5) is 0 Å². The third-order valence-corrected chi connectivity index (χ3v) is 20.3. The first-order chi connectivity index (χ1) is 12.5. The van der Waals surface area contributed by atoms with Crippen LogP contribution in [0.25, 0.3) is 0 Å². The van der Waals surface area contributed by atoms with E-state index < -0.39 is 18.4 Å². The van der Waals surface area contributed by atoms with Crippen molar-refractivity contribution < 1.29 is 4.79 Å². The van der Waals surface area contributed by atoms with Gasteiger partial charge in [-0.15, -0.1) is 0 Å². The van der Waals surface area contributed by atoms with Crippen LogP contribution in [0.1, 0.15) is 83.1 Å². The maximum absolute atomic E-state index is 12.7. The Morgan fingerprint density at radius 2 is 1.46 bits per heavy atom. The molecule has 1 rings (SSSR count). The van der Waals surface area contributed by atoms with Crippen LogP contribution in [0.2, 0.25) is 13.3 Å². The van der Waals surface area contributed by atoms with Crippen molar-refractivity contribution in [2.24, 2.45) is 0 Å². The van der Waals surface area contributed by atoms with Gasteiger partial charge >= 0.3 is 165 Å². The number of hydrogen-bond acceptors (Lipinski definition) is 3. The van der Waals surface area contributed by atoms with E-state index in [1.165, 1.54) is 55.5 Å². The second kappa shape index (κ2) is 12.7. The molecule has 0 aromatic carbocycles. The van der Waals surface area contributed by atoms with Crippen molar-refractivity contribution in [3.05, 3.63) is 18.1 Å². The SMILES string of the molecule is CCC[CH2][Sn]([CH2]CCC)([CH2]CCC)[c]1cncc(C(=O)N(C)CCC)n1. The van der Waals surface area contributed by atoms with Gasteiger partial charge in [0.05, 0.1) is 0 Å². The number of amides is 1. The molecule has 1 aromatic rings. The molecule has 148 valence electrons. The Hall–Kier alpha value is -0.651. The molecule has 1 amide bonds. The van der Waals surface area contributed by atoms with E-state index in [-0.39, 0.29) is 5.91 Å². The van der Waals surface area contributed by atoms with E-state index in [9.17, 15) is 4.79 Å². The van der Waals surface area contributed by atoms with Crippen LogP contribution >= 0.6 is 0 Å². The first-order valence-corrected chi connectivity index (χ1v) is 18.1. The number of aromatic nitrogens is 2. The fourth-order valence-corrected chi connectivity index (χ4v) is 18.8. The predicted molar refractivity (Wildman–Crippen MR) is 114 cm³/mol. The number of carbonyl (C=O) groups excluding carboxylic acids is 1. The molecule has 0 N–H and O–H groups in total. The molecule has 4 nitrogen and oxygen atoms in total. The van der Waals surface area contributed by atoms with Crippen LogP contribution in [-0.4, -0.2) is 52.7 Å². The molecular weight excluding hydrogens is 429 g/mol. The third-order valence-electron chi connectivity index (χ3n) is 5.33. The summed E-state index contributed by atoms with van der Waals surface area (Å²) in [5.41, 5.74) is 0.545. The van der Waals surface area contributed by atoms with Gasteiger partial charge in [-0.2, -0.15) is 0 Å². The standard InChI is InChI=1S/C9H12N3O.3C4H9.Sn/c1-3-6-12(2)9(13)8-7-10-4-5-11-8;3*1-3-4-2;/h4,7H,3,6H2,1-2H3;3*1,3-4H2,2H3;. The van der Waals surface area contributed by atoms with Crippen molar-refractivity contribution in [1.29, 1.82) is 0 Å². The van der Waals surface area contributed by atoms with Gasteiger partial charge in [-0.25, -0.2) is 0 Å². The average Bonchev–Trinajstić information content (AvgIpc) is 2.67. The molecule has 0 radical (unpaired) electrons. The Bertz CT molecular complexity index is 514. The van der Waals surface area contributed by atoms with Crippen molar-refractivity contribution in [3.8, 4) is 0 Å². The van der Waals surface area contributed by atoms with Crippen molar-refractivity contribution in [2.75, 3.05) is 13.6 Å². The summed E-state index contributed by atoms with van der Waals surface area (Å²) < 4.78 is 5.29. The van der Waals surface area contributed by atoms with Gasteiger partial charge in [-0.1, -0.05) is 0 Å². The van der Waals surface area contributed by atoms with Gasteiger partial charge in [0.25, 0.3) is 0 Å². The van der Waals surface area contributed by atoms with E-state index in [0.29, 0.717) is 5.69 Å². The zero-order valence-electron chi connectivity index (χ0n) is 17.7. The zero-order chi connectivity index (χ0) is 19.4. The van der Waals surface area contributed by atoms with E-state index in [0.717, 1.165) is 13.0 Å². The number of nitrogens with zero attached hydrogens (tertiary/aromatic N) is 3. The molecule has 0 saturated carbocycles. The minimum absolute atomic E-state index is 0.0165. The number of unbranched alkanes of at least 4 members (excludes halogenated alkanes) is 3. The Morgan fingerprint density at radius 3 is 1.92 bits per heavy atom. The molecule has 0 aliphatic rings. The van der Waals surface area contributed by atoms with Crippen molar-refractivity contribution in [1.82, 2.24) is 14.9 Å². The van der Waals surface area contributed by atoms with Gasteiger partial charge in [0.1, 0.15) is 0 Å². The summed E-state index contributed by atoms with van der Waals surface area (Å²) in [5.74, 6) is 0.0165. The molecule has 0 aliphatic heterocycles. The Kier molecular flexibility index (Phi) is 11.4. The summed E-state index contributed by atoms with van der Waals surface area (Å²) in [6, 6.07) is 0. The molecule has 0 atom stereocenters. The van der Waals surface area contributed by atoms with Crippen LogP contribution in [0.3, 0.4) is 0 Å². The van der Waals surface area contributed by atoms with Crippen molar-refractivity contribution >= 4 is 28.0 Å². The Morgan fingerprint density at radius 1 is 0.923 bits per heavy atom. The second-order valence-electron chi connectivity index (χ2n) is 7.61. The van der Waals surface area contributed by atoms with Crippen molar-refractivity contribution in [2.45, 2.75) is 86.0 Å². The first-order valence-electron chi connectivity index (χ1n) is 10.6. The maximum atomic E-state index is 12.7. The molecule has 0 bridgehead atoms. The van der Waals surface area contributed by atoms with E-state index in [1.54, 1.807) is 11.1 Å². The van der Waals surface area contributed by atoms with Gasteiger partial charge in [-0.3, -0.25) is 0 Å². The summed E-state index contributed by atoms with van der Waals surface area (Å²) in [6.07, 6.45) is 12.2. The van der Waals surface area contributed by atoms with Crippen LogP contribution in [0, 0.1) is 0 Å². The van der Waals surface area contributed by atoms with Crippen molar-refractivity contribution in [3.63, 3.8) is 0 Å². The Balaban J connectivity index is 3.21. The van der Waals surface area contributed by atoms with Gasteiger partial charge in [-0.05, 0) is 0 Å². The molecule has 26 heavy (non-hydrogen) atoms. The summed E-state index contributed by atoms with van der Waals surface area (Å²) >= 11 is -2.62. The molecule has 0 saturated heterocycles. The molecule has 5 heteroatoms. The molecule has 0 spiro atoms. The topological polar surface area (TPSA) is 46.1 Å². The average molecular weight is 468 g/mol. The fourth-order valence-electron chi connectivity index (χ4n) is 3.66. The zero-order valence-corrected chi connectivity index (χ0v) is 20.5. The van der Waals surface area contributed by atoms with E-state index in [2.05, 4.69) is 32.7 Å². The summed E-state index contributed by atoms with van der Waals surface area (Å²) in [7, 11) is 1.86. The van der Waals surface area contributed by atoms with E-state index in [1.807, 2.05) is 13.2 Å². The first kappa shape index (κ1) is 23.4. The number of rotatable bonds is 13. The molecule has 1 aromatic heterocycles. The molecular formula is C21H39N3OSn. The number of hydrogen-bond donors (Lipinski definition) is 0. The second-order valence-corrected chi connectivity index (χ2v) is 20.7. The Labute approximate surface area is 165 Å². The molecule has 0 fully saturated rings. The normalized spacial score (nSPS) is 11.6. The molecule has 0 unspecified atom stereocenters. The molecule has 1 heterocycles. The van der Waals surface area contributed by atoms with Gasteiger partial charge in [0.15, 0.2) is 0 Å². The summed E-state index contributed by atoms with van der Waals surface area (Å²) in [5, 5.41) is 0. The predicted octanol–water partition coefficient (Wildman–Crippen LogP) is 5.01. The monoisotopic (exact) mass is 469 g/mol. The minimum atomic E-state index is -2.62. The van der Waals surface area contributed by atoms with Gasteiger partial charge in [0.2, 0.25) is 0 Å². The third kappa shape index (κ3) is 6.82. The quantitative estimate of drug-likeness (QED) is 0.383. The van der Waals surface area contributed by atoms with Gasteiger partial charge < -0.3 is 0 Å². The summed E-state index contributed by atoms with van der Waals surface area (Å²) in [4.78, 5) is 23.9. The van der Waals surface area contributed by atoms with Crippen LogP contribution in [0.5, 0.6) is 0 Å². The molecule has 0 aliphatic carbocycles. The fraction of sp³-hybridized carbons (Fsp3) is 0.762. The van der Waals surface area contributed by atoms with E-state index >= 15 is 0 Å². The van der Waals surface area contributed by atoms with Crippen LogP contribution in [0.15, 0.2) is 12.4 Å². The number of carbonyl (C=O) groups is 1. The summed E-state index contributed by atoms with van der Waals surface area (Å²) in [6.45, 7) is 9.69. The van der Waals surface area contributed by atoms with E-state index in [4.69, 9.17) is 4.98 Å².